The van der Waals surface area contributed by atoms with Gasteiger partial charge in [-0.3, -0.25) is 4.79 Å². The maximum absolute atomic E-state index is 13.9. The number of amides is 1. The minimum absolute atomic E-state index is 0.0255. The molecule has 196 valence electrons. The number of halogens is 7. The van der Waals surface area contributed by atoms with Crippen molar-refractivity contribution in [2.75, 3.05) is 11.9 Å². The van der Waals surface area contributed by atoms with Crippen LogP contribution in [0.4, 0.5) is 27.6 Å². The molecule has 1 aliphatic heterocycles. The largest absolute Gasteiger partial charge is 0.419 e. The van der Waals surface area contributed by atoms with Crippen LogP contribution in [0.2, 0.25) is 10.0 Å². The van der Waals surface area contributed by atoms with E-state index in [4.69, 9.17) is 23.2 Å². The molecule has 13 heteroatoms. The fourth-order valence-electron chi connectivity index (χ4n) is 4.00. The van der Waals surface area contributed by atoms with Gasteiger partial charge >= 0.3 is 6.18 Å². The summed E-state index contributed by atoms with van der Waals surface area (Å²) in [5.41, 5.74) is -0.0248. The predicted molar refractivity (Wildman–Crippen MR) is 128 cm³/mol. The third-order valence-corrected chi connectivity index (χ3v) is 8.26. The summed E-state index contributed by atoms with van der Waals surface area (Å²) in [5.74, 6) is -2.89. The van der Waals surface area contributed by atoms with Crippen LogP contribution in [0, 0.1) is 11.6 Å². The molecule has 5 nitrogen and oxygen atoms in total. The zero-order chi connectivity index (χ0) is 27.1. The van der Waals surface area contributed by atoms with Crippen LogP contribution in [-0.2, 0) is 40.4 Å². The number of carbonyl (C=O) groups is 1. The van der Waals surface area contributed by atoms with Crippen LogP contribution in [0.3, 0.4) is 0 Å². The Morgan fingerprint density at radius 2 is 1.70 bits per heavy atom. The number of nitrogens with one attached hydrogen (secondary N) is 1. The van der Waals surface area contributed by atoms with Crippen LogP contribution in [0.25, 0.3) is 0 Å². The van der Waals surface area contributed by atoms with Gasteiger partial charge in [0.25, 0.3) is 0 Å². The molecule has 0 saturated heterocycles. The lowest BCUT2D eigenvalue weighted by Gasteiger charge is -2.30. The monoisotopic (exact) mass is 578 g/mol. The topological polar surface area (TPSA) is 66.5 Å². The zero-order valence-electron chi connectivity index (χ0n) is 18.7. The second-order valence-electron chi connectivity index (χ2n) is 8.26. The molecule has 4 rings (SSSR count). The summed E-state index contributed by atoms with van der Waals surface area (Å²) < 4.78 is 92.9. The Bertz CT molecular complexity index is 1500. The first-order valence-corrected chi connectivity index (χ1v) is 12.9. The molecular formula is C24H17Cl2F5N2O3S. The van der Waals surface area contributed by atoms with E-state index in [9.17, 15) is 35.2 Å². The van der Waals surface area contributed by atoms with E-state index < -0.39 is 45.7 Å². The smallest absolute Gasteiger partial charge is 0.324 e. The van der Waals surface area contributed by atoms with Crippen LogP contribution in [0.1, 0.15) is 22.3 Å². The van der Waals surface area contributed by atoms with Gasteiger partial charge in [-0.05, 0) is 59.5 Å². The van der Waals surface area contributed by atoms with Gasteiger partial charge in [0.1, 0.15) is 11.6 Å². The Morgan fingerprint density at radius 1 is 0.973 bits per heavy atom. The number of fused-ring (bicyclic) bond motifs is 1. The van der Waals surface area contributed by atoms with E-state index in [1.165, 1.54) is 10.4 Å². The first-order chi connectivity index (χ1) is 17.3. The maximum Gasteiger partial charge on any atom is 0.419 e. The molecule has 0 radical (unpaired) electrons. The van der Waals surface area contributed by atoms with Gasteiger partial charge in [-0.15, -0.1) is 0 Å². The number of rotatable bonds is 5. The van der Waals surface area contributed by atoms with Gasteiger partial charge in [-0.25, -0.2) is 17.2 Å². The third kappa shape index (κ3) is 5.74. The van der Waals surface area contributed by atoms with Crippen molar-refractivity contribution in [3.8, 4) is 0 Å². The summed E-state index contributed by atoms with van der Waals surface area (Å²) in [5, 5.41) is 2.45. The van der Waals surface area contributed by atoms with Gasteiger partial charge in [-0.1, -0.05) is 35.3 Å². The molecule has 0 saturated carbocycles. The molecule has 0 fully saturated rings. The Hall–Kier alpha value is -2.73. The molecule has 1 aliphatic rings. The van der Waals surface area contributed by atoms with E-state index in [0.717, 1.165) is 24.3 Å². The van der Waals surface area contributed by atoms with Crippen molar-refractivity contribution < 1.29 is 35.2 Å². The van der Waals surface area contributed by atoms with Gasteiger partial charge in [-0.2, -0.15) is 17.5 Å². The molecule has 3 aromatic carbocycles. The highest BCUT2D eigenvalue weighted by molar-refractivity contribution is 7.89. The van der Waals surface area contributed by atoms with E-state index in [0.29, 0.717) is 23.3 Å². The van der Waals surface area contributed by atoms with Gasteiger partial charge in [0, 0.05) is 13.1 Å². The number of anilines is 1. The summed E-state index contributed by atoms with van der Waals surface area (Å²) >= 11 is 12.0. The van der Waals surface area contributed by atoms with Crippen LogP contribution >= 0.6 is 23.2 Å². The van der Waals surface area contributed by atoms with E-state index >= 15 is 0 Å². The van der Waals surface area contributed by atoms with Crippen molar-refractivity contribution in [3.63, 3.8) is 0 Å². The van der Waals surface area contributed by atoms with Gasteiger partial charge in [0.05, 0.1) is 32.6 Å². The van der Waals surface area contributed by atoms with Gasteiger partial charge in [0.15, 0.2) is 0 Å². The van der Waals surface area contributed by atoms with Gasteiger partial charge in [0.2, 0.25) is 15.9 Å². The molecule has 0 atom stereocenters. The third-order valence-electron chi connectivity index (χ3n) is 5.81. The zero-order valence-corrected chi connectivity index (χ0v) is 21.0. The highest BCUT2D eigenvalue weighted by Gasteiger charge is 2.34. The molecule has 1 N–H and O–H groups in total. The summed E-state index contributed by atoms with van der Waals surface area (Å²) in [7, 11) is -4.00. The molecule has 3 aromatic rings. The molecule has 37 heavy (non-hydrogen) atoms. The quantitative estimate of drug-likeness (QED) is 0.365. The lowest BCUT2D eigenvalue weighted by Crippen LogP contribution is -2.36. The maximum atomic E-state index is 13.9. The fourth-order valence-corrected chi connectivity index (χ4v) is 5.91. The Kier molecular flexibility index (Phi) is 7.53. The number of alkyl halides is 3. The number of sulfonamides is 1. The SMILES string of the molecule is O=C(Cc1ccc(C(F)(F)F)c(F)c1)Nc1c(Cl)ccc2c1CCN(S(=O)(=O)c1ccc(F)c(Cl)c1)C2. The molecule has 0 aliphatic carbocycles. The molecule has 0 aromatic heterocycles. The van der Waals surface area contributed by atoms with Crippen molar-refractivity contribution in [2.24, 2.45) is 0 Å². The van der Waals surface area contributed by atoms with Crippen LogP contribution < -0.4 is 5.32 Å². The molecular weight excluding hydrogens is 562 g/mol. The lowest BCUT2D eigenvalue weighted by atomic mass is 9.98. The standard InChI is InChI=1S/C24H17Cl2F5N2O3S/c25-18-5-2-14-12-33(37(35,36)15-3-6-20(27)19(26)11-15)8-7-16(14)23(18)32-22(34)10-13-1-4-17(21(28)9-13)24(29,30)31/h1-6,9,11H,7-8,10,12H2,(H,32,34). The molecule has 0 bridgehead atoms. The fraction of sp³-hybridized carbons (Fsp3) is 0.208. The Labute approximate surface area is 218 Å². The number of hydrogen-bond donors (Lipinski definition) is 1. The van der Waals surface area contributed by atoms with E-state index in [2.05, 4.69) is 5.32 Å². The number of carbonyl (C=O) groups excluding carboxylic acids is 1. The van der Waals surface area contributed by atoms with E-state index in [-0.39, 0.29) is 45.7 Å². The van der Waals surface area contributed by atoms with Crippen molar-refractivity contribution in [2.45, 2.75) is 30.5 Å². The summed E-state index contributed by atoms with van der Waals surface area (Å²) in [6.07, 6.45) is -5.10. The molecule has 0 spiro atoms. The average Bonchev–Trinajstić information content (AvgIpc) is 2.81. The van der Waals surface area contributed by atoms with Crippen molar-refractivity contribution in [1.29, 1.82) is 0 Å². The van der Waals surface area contributed by atoms with E-state index in [1.807, 2.05) is 0 Å². The van der Waals surface area contributed by atoms with Crippen molar-refractivity contribution >= 4 is 44.8 Å². The van der Waals surface area contributed by atoms with E-state index in [1.54, 1.807) is 6.07 Å². The Balaban J connectivity index is 1.53. The molecule has 1 amide bonds. The predicted octanol–water partition coefficient (Wildman–Crippen LogP) is 6.22. The first kappa shape index (κ1) is 27.3. The van der Waals surface area contributed by atoms with Crippen LogP contribution in [0.5, 0.6) is 0 Å². The molecule has 1 heterocycles. The second-order valence-corrected chi connectivity index (χ2v) is 11.0. The normalized spacial score (nSPS) is 14.4. The van der Waals surface area contributed by atoms with Crippen molar-refractivity contribution in [3.05, 3.63) is 92.5 Å². The number of hydrogen-bond acceptors (Lipinski definition) is 3. The number of nitrogens with zero attached hydrogens (tertiary/aromatic N) is 1. The van der Waals surface area contributed by atoms with Crippen LogP contribution in [-0.4, -0.2) is 25.2 Å². The minimum atomic E-state index is -4.86. The highest BCUT2D eigenvalue weighted by Crippen LogP contribution is 2.35. The second kappa shape index (κ2) is 10.2. The lowest BCUT2D eigenvalue weighted by molar-refractivity contribution is -0.140. The molecule has 0 unspecified atom stereocenters. The summed E-state index contributed by atoms with van der Waals surface area (Å²) in [6.45, 7) is -0.0333. The van der Waals surface area contributed by atoms with Gasteiger partial charge < -0.3 is 5.32 Å². The highest BCUT2D eigenvalue weighted by atomic mass is 35.5. The first-order valence-electron chi connectivity index (χ1n) is 10.7. The van der Waals surface area contributed by atoms with Crippen molar-refractivity contribution in [1.82, 2.24) is 4.31 Å². The summed E-state index contributed by atoms with van der Waals surface area (Å²) in [4.78, 5) is 12.4. The minimum Gasteiger partial charge on any atom is -0.324 e. The van der Waals surface area contributed by atoms with Crippen LogP contribution in [0.15, 0.2) is 53.4 Å². The average molecular weight is 579 g/mol. The number of benzene rings is 3. The Morgan fingerprint density at radius 3 is 2.35 bits per heavy atom. The summed E-state index contributed by atoms with van der Waals surface area (Å²) in [6, 6.07) is 8.41.